The molecule has 152 valence electrons. The second-order valence-corrected chi connectivity index (χ2v) is 6.50. The molecule has 0 aliphatic heterocycles. The Bertz CT molecular complexity index is 1140. The Balaban J connectivity index is 1.60. The summed E-state index contributed by atoms with van der Waals surface area (Å²) in [4.78, 5) is 34.3. The van der Waals surface area contributed by atoms with Crippen molar-refractivity contribution in [2.75, 3.05) is 0 Å². The Hall–Kier alpha value is -3.56. The van der Waals surface area contributed by atoms with Gasteiger partial charge in [0.2, 0.25) is 5.91 Å². The monoisotopic (exact) mass is 405 g/mol. The standard InChI is InChI=1S/C19H17F2N3O5/c1-11(12-4-6-14(20)15(21)9-12)22-18(25)3-2-8-23-16-7-5-13(24(27)28)10-17(16)29-19(23)26/h4-7,9-11H,2-3,8H2,1H3,(H,22,25). The number of nitrogens with one attached hydrogen (secondary N) is 1. The number of aryl methyl sites for hydroxylation is 1. The lowest BCUT2D eigenvalue weighted by Crippen LogP contribution is -2.27. The summed E-state index contributed by atoms with van der Waals surface area (Å²) in [6, 6.07) is 6.75. The number of carbonyl (C=O) groups is 1. The largest absolute Gasteiger partial charge is 0.419 e. The summed E-state index contributed by atoms with van der Waals surface area (Å²) in [5.41, 5.74) is 0.733. The molecule has 0 fully saturated rings. The number of hydrogen-bond acceptors (Lipinski definition) is 5. The lowest BCUT2D eigenvalue weighted by molar-refractivity contribution is -0.384. The quantitative estimate of drug-likeness (QED) is 0.479. The lowest BCUT2D eigenvalue weighted by atomic mass is 10.1. The van der Waals surface area contributed by atoms with Crippen LogP contribution in [0.25, 0.3) is 11.1 Å². The summed E-state index contributed by atoms with van der Waals surface area (Å²) < 4.78 is 32.6. The predicted octanol–water partition coefficient (Wildman–Crippen LogP) is 3.44. The SMILES string of the molecule is CC(NC(=O)CCCn1c(=O)oc2cc([N+](=O)[O-])ccc21)c1ccc(F)c(F)c1. The molecule has 3 aromatic rings. The van der Waals surface area contributed by atoms with Crippen LogP contribution in [0.2, 0.25) is 0 Å². The first-order valence-corrected chi connectivity index (χ1v) is 8.78. The number of rotatable bonds is 7. The molecule has 2 aromatic carbocycles. The number of nitrogens with zero attached hydrogens (tertiary/aromatic N) is 2. The fourth-order valence-corrected chi connectivity index (χ4v) is 2.96. The minimum absolute atomic E-state index is 0.0834. The van der Waals surface area contributed by atoms with Gasteiger partial charge in [-0.3, -0.25) is 19.5 Å². The number of amides is 1. The van der Waals surface area contributed by atoms with E-state index in [-0.39, 0.29) is 30.1 Å². The molecule has 1 aromatic heterocycles. The first-order chi connectivity index (χ1) is 13.8. The molecule has 0 aliphatic rings. The van der Waals surface area contributed by atoms with E-state index in [1.54, 1.807) is 6.92 Å². The van der Waals surface area contributed by atoms with Crippen molar-refractivity contribution in [2.24, 2.45) is 0 Å². The number of nitro benzene ring substituents is 1. The van der Waals surface area contributed by atoms with Gasteiger partial charge in [-0.25, -0.2) is 13.6 Å². The van der Waals surface area contributed by atoms with Gasteiger partial charge in [-0.05, 0) is 37.1 Å². The van der Waals surface area contributed by atoms with E-state index in [4.69, 9.17) is 4.42 Å². The van der Waals surface area contributed by atoms with Crippen molar-refractivity contribution in [3.05, 3.63) is 74.3 Å². The maximum Gasteiger partial charge on any atom is 0.419 e. The molecule has 0 aliphatic carbocycles. The summed E-state index contributed by atoms with van der Waals surface area (Å²) >= 11 is 0. The van der Waals surface area contributed by atoms with E-state index in [9.17, 15) is 28.5 Å². The minimum Gasteiger partial charge on any atom is -0.407 e. The van der Waals surface area contributed by atoms with Crippen molar-refractivity contribution in [1.82, 2.24) is 9.88 Å². The van der Waals surface area contributed by atoms with E-state index in [1.165, 1.54) is 28.8 Å². The lowest BCUT2D eigenvalue weighted by Gasteiger charge is -2.14. The number of hydrogen-bond donors (Lipinski definition) is 1. The smallest absolute Gasteiger partial charge is 0.407 e. The van der Waals surface area contributed by atoms with Gasteiger partial charge in [-0.2, -0.15) is 0 Å². The van der Waals surface area contributed by atoms with Crippen molar-refractivity contribution in [1.29, 1.82) is 0 Å². The molecule has 1 unspecified atom stereocenters. The average molecular weight is 405 g/mol. The number of carbonyl (C=O) groups excluding carboxylic acids is 1. The van der Waals surface area contributed by atoms with Gasteiger partial charge in [0.05, 0.1) is 22.5 Å². The van der Waals surface area contributed by atoms with E-state index in [1.807, 2.05) is 0 Å². The fourth-order valence-electron chi connectivity index (χ4n) is 2.96. The fraction of sp³-hybridized carbons (Fsp3) is 0.263. The number of halogens is 2. The molecule has 8 nitrogen and oxygen atoms in total. The number of benzene rings is 2. The van der Waals surface area contributed by atoms with Gasteiger partial charge in [-0.1, -0.05) is 6.07 Å². The Morgan fingerprint density at radius 3 is 2.69 bits per heavy atom. The Morgan fingerprint density at radius 2 is 2.00 bits per heavy atom. The zero-order valence-electron chi connectivity index (χ0n) is 15.4. The molecule has 29 heavy (non-hydrogen) atoms. The molecule has 1 heterocycles. The van der Waals surface area contributed by atoms with Crippen LogP contribution in [0.4, 0.5) is 14.5 Å². The van der Waals surface area contributed by atoms with E-state index in [0.717, 1.165) is 12.1 Å². The Kier molecular flexibility index (Phi) is 5.71. The highest BCUT2D eigenvalue weighted by atomic mass is 19.2. The zero-order valence-corrected chi connectivity index (χ0v) is 15.4. The van der Waals surface area contributed by atoms with Crippen molar-refractivity contribution in [3.8, 4) is 0 Å². The summed E-state index contributed by atoms with van der Waals surface area (Å²) in [5.74, 6) is -2.94. The molecule has 0 saturated heterocycles. The Morgan fingerprint density at radius 1 is 1.24 bits per heavy atom. The van der Waals surface area contributed by atoms with Crippen LogP contribution >= 0.6 is 0 Å². The van der Waals surface area contributed by atoms with Crippen LogP contribution in [-0.4, -0.2) is 15.4 Å². The summed E-state index contributed by atoms with van der Waals surface area (Å²) in [7, 11) is 0. The van der Waals surface area contributed by atoms with Crippen LogP contribution in [-0.2, 0) is 11.3 Å². The third kappa shape index (κ3) is 4.48. The van der Waals surface area contributed by atoms with Gasteiger partial charge in [-0.15, -0.1) is 0 Å². The van der Waals surface area contributed by atoms with Crippen LogP contribution in [0.15, 0.2) is 45.6 Å². The molecular formula is C19H17F2N3O5. The zero-order chi connectivity index (χ0) is 21.1. The molecule has 0 saturated carbocycles. The molecule has 0 radical (unpaired) electrons. The topological polar surface area (TPSA) is 107 Å². The van der Waals surface area contributed by atoms with Crippen molar-refractivity contribution >= 4 is 22.7 Å². The maximum absolute atomic E-state index is 13.3. The molecule has 10 heteroatoms. The van der Waals surface area contributed by atoms with E-state index in [2.05, 4.69) is 5.32 Å². The van der Waals surface area contributed by atoms with Gasteiger partial charge in [0.15, 0.2) is 17.2 Å². The van der Waals surface area contributed by atoms with Crippen molar-refractivity contribution in [2.45, 2.75) is 32.4 Å². The second-order valence-electron chi connectivity index (χ2n) is 6.50. The van der Waals surface area contributed by atoms with Crippen LogP contribution in [0.3, 0.4) is 0 Å². The maximum atomic E-state index is 13.3. The highest BCUT2D eigenvalue weighted by Crippen LogP contribution is 2.20. The van der Waals surface area contributed by atoms with Crippen molar-refractivity contribution < 1.29 is 22.9 Å². The number of nitro groups is 1. The van der Waals surface area contributed by atoms with Crippen LogP contribution in [0.5, 0.6) is 0 Å². The third-order valence-corrected chi connectivity index (χ3v) is 4.47. The predicted molar refractivity (Wildman–Crippen MR) is 99.3 cm³/mol. The minimum atomic E-state index is -0.991. The summed E-state index contributed by atoms with van der Waals surface area (Å²) in [6.07, 6.45) is 0.391. The molecule has 1 atom stereocenters. The number of non-ortho nitro benzene ring substituents is 1. The molecule has 1 amide bonds. The van der Waals surface area contributed by atoms with Crippen LogP contribution in [0, 0.1) is 21.7 Å². The highest BCUT2D eigenvalue weighted by molar-refractivity contribution is 5.77. The Labute approximate surface area is 162 Å². The van der Waals surface area contributed by atoms with E-state index in [0.29, 0.717) is 17.5 Å². The third-order valence-electron chi connectivity index (χ3n) is 4.47. The summed E-state index contributed by atoms with van der Waals surface area (Å²) in [5, 5.41) is 13.5. The van der Waals surface area contributed by atoms with Crippen molar-refractivity contribution in [3.63, 3.8) is 0 Å². The molecule has 0 bridgehead atoms. The van der Waals surface area contributed by atoms with Gasteiger partial charge in [0.1, 0.15) is 0 Å². The number of oxazole rings is 1. The first kappa shape index (κ1) is 20.2. The molecule has 3 rings (SSSR count). The van der Waals surface area contributed by atoms with E-state index >= 15 is 0 Å². The summed E-state index contributed by atoms with van der Waals surface area (Å²) in [6.45, 7) is 1.82. The van der Waals surface area contributed by atoms with Crippen LogP contribution < -0.4 is 11.1 Å². The second kappa shape index (κ2) is 8.21. The number of fused-ring (bicyclic) bond motifs is 1. The van der Waals surface area contributed by atoms with Gasteiger partial charge in [0.25, 0.3) is 5.69 Å². The van der Waals surface area contributed by atoms with Gasteiger partial charge >= 0.3 is 5.76 Å². The normalized spacial score (nSPS) is 12.1. The molecular weight excluding hydrogens is 388 g/mol. The molecule has 0 spiro atoms. The van der Waals surface area contributed by atoms with Crippen LogP contribution in [0.1, 0.15) is 31.4 Å². The first-order valence-electron chi connectivity index (χ1n) is 8.78. The highest BCUT2D eigenvalue weighted by Gasteiger charge is 2.15. The molecule has 1 N–H and O–H groups in total. The van der Waals surface area contributed by atoms with Gasteiger partial charge < -0.3 is 9.73 Å². The van der Waals surface area contributed by atoms with Gasteiger partial charge in [0, 0.05) is 19.0 Å². The average Bonchev–Trinajstić information content (AvgIpc) is 2.98. The van der Waals surface area contributed by atoms with E-state index < -0.39 is 28.4 Å². The number of aromatic nitrogens is 1.